The van der Waals surface area contributed by atoms with E-state index in [9.17, 15) is 0 Å². The van der Waals surface area contributed by atoms with Crippen molar-refractivity contribution in [3.8, 4) is 11.4 Å². The molecule has 30 heavy (non-hydrogen) atoms. The van der Waals surface area contributed by atoms with Gasteiger partial charge in [-0.1, -0.05) is 12.1 Å². The lowest BCUT2D eigenvalue weighted by Crippen LogP contribution is -2.27. The highest BCUT2D eigenvalue weighted by Crippen LogP contribution is 2.28. The van der Waals surface area contributed by atoms with E-state index in [4.69, 9.17) is 15.7 Å². The van der Waals surface area contributed by atoms with E-state index in [1.807, 2.05) is 18.6 Å². The van der Waals surface area contributed by atoms with Gasteiger partial charge < -0.3 is 5.73 Å². The topological polar surface area (TPSA) is 69.1 Å². The van der Waals surface area contributed by atoms with Gasteiger partial charge in [0.1, 0.15) is 0 Å². The first-order valence-corrected chi connectivity index (χ1v) is 11.7. The Morgan fingerprint density at radius 1 is 1.03 bits per heavy atom. The van der Waals surface area contributed by atoms with Crippen molar-refractivity contribution in [2.24, 2.45) is 11.7 Å². The van der Waals surface area contributed by atoms with Crippen LogP contribution in [0.1, 0.15) is 41.9 Å². The van der Waals surface area contributed by atoms with Crippen LogP contribution in [-0.2, 0) is 19.3 Å². The summed E-state index contributed by atoms with van der Waals surface area (Å²) < 4.78 is 2.14. The lowest BCUT2D eigenvalue weighted by Gasteiger charge is -2.25. The number of fused-ring (bicyclic) bond motifs is 1. The van der Waals surface area contributed by atoms with E-state index in [1.54, 1.807) is 11.3 Å². The minimum Gasteiger partial charge on any atom is -0.328 e. The first-order chi connectivity index (χ1) is 14.8. The second kappa shape index (κ2) is 8.66. The predicted octanol–water partition coefficient (Wildman–Crippen LogP) is 4.70. The molecule has 0 spiro atoms. The van der Waals surface area contributed by atoms with E-state index in [-0.39, 0.29) is 0 Å². The highest BCUT2D eigenvalue weighted by Gasteiger charge is 2.21. The number of aryl methyl sites for hydroxylation is 2. The summed E-state index contributed by atoms with van der Waals surface area (Å²) in [6.07, 6.45) is 13.4. The Balaban J connectivity index is 1.38. The van der Waals surface area contributed by atoms with Crippen LogP contribution in [0.25, 0.3) is 17.0 Å². The quantitative estimate of drug-likeness (QED) is 0.494. The van der Waals surface area contributed by atoms with Crippen LogP contribution < -0.4 is 5.73 Å². The average molecular weight is 418 g/mol. The molecule has 1 saturated carbocycles. The Kier molecular flexibility index (Phi) is 5.60. The zero-order valence-electron chi connectivity index (χ0n) is 17.1. The molecule has 0 unspecified atom stereocenters. The summed E-state index contributed by atoms with van der Waals surface area (Å²) in [5.41, 5.74) is 11.2. The Bertz CT molecular complexity index is 1110. The van der Waals surface area contributed by atoms with Crippen molar-refractivity contribution < 1.29 is 0 Å². The molecule has 0 bridgehead atoms. The molecule has 4 aromatic heterocycles. The molecule has 4 heterocycles. The van der Waals surface area contributed by atoms with Crippen LogP contribution >= 0.6 is 11.3 Å². The van der Waals surface area contributed by atoms with E-state index in [0.29, 0.717) is 12.0 Å². The first-order valence-electron chi connectivity index (χ1n) is 10.8. The van der Waals surface area contributed by atoms with Crippen LogP contribution in [0.5, 0.6) is 0 Å². The van der Waals surface area contributed by atoms with E-state index >= 15 is 0 Å². The Morgan fingerprint density at radius 3 is 2.77 bits per heavy atom. The lowest BCUT2D eigenvalue weighted by molar-refractivity contribution is 0.323. The highest BCUT2D eigenvalue weighted by molar-refractivity contribution is 7.09. The van der Waals surface area contributed by atoms with Gasteiger partial charge in [0.25, 0.3) is 0 Å². The zero-order chi connectivity index (χ0) is 20.3. The third kappa shape index (κ3) is 4.16. The fourth-order valence-corrected chi connectivity index (χ4v) is 5.15. The summed E-state index contributed by atoms with van der Waals surface area (Å²) in [6.45, 7) is 0. The average Bonchev–Trinajstić information content (AvgIpc) is 3.44. The molecule has 5 nitrogen and oxygen atoms in total. The number of hydrogen-bond donors (Lipinski definition) is 1. The summed E-state index contributed by atoms with van der Waals surface area (Å²) in [7, 11) is 0. The molecule has 1 aliphatic carbocycles. The highest BCUT2D eigenvalue weighted by atomic mass is 32.1. The number of thiophene rings is 1. The lowest BCUT2D eigenvalue weighted by atomic mass is 9.84. The minimum atomic E-state index is 0.376. The van der Waals surface area contributed by atoms with Crippen molar-refractivity contribution in [1.82, 2.24) is 19.4 Å². The van der Waals surface area contributed by atoms with Gasteiger partial charge in [0.2, 0.25) is 0 Å². The summed E-state index contributed by atoms with van der Waals surface area (Å²) in [5, 5.41) is 2.13. The first kappa shape index (κ1) is 19.4. The van der Waals surface area contributed by atoms with Gasteiger partial charge in [-0.15, -0.1) is 11.3 Å². The van der Waals surface area contributed by atoms with Crippen molar-refractivity contribution in [3.63, 3.8) is 0 Å². The predicted molar refractivity (Wildman–Crippen MR) is 122 cm³/mol. The van der Waals surface area contributed by atoms with Gasteiger partial charge in [0, 0.05) is 29.0 Å². The molecular formula is C24H27N5S. The molecule has 1 fully saturated rings. The SMILES string of the molecule is NC1CCC(Cc2nccn3c(-c4cccc(CCc5cccs5)n4)cnc23)CC1. The van der Waals surface area contributed by atoms with E-state index < -0.39 is 0 Å². The molecular weight excluding hydrogens is 390 g/mol. The number of aromatic nitrogens is 4. The van der Waals surface area contributed by atoms with Crippen molar-refractivity contribution in [1.29, 1.82) is 0 Å². The Morgan fingerprint density at radius 2 is 1.93 bits per heavy atom. The standard InChI is InChI=1S/C24H27N5S/c25-18-8-6-17(7-9-18)15-22-24-27-16-23(29(24)13-12-26-22)21-5-1-3-19(28-21)10-11-20-4-2-14-30-20/h1-5,12-14,16-18H,6-11,15,25H2. The maximum absolute atomic E-state index is 6.07. The maximum Gasteiger partial charge on any atom is 0.159 e. The van der Waals surface area contributed by atoms with Crippen LogP contribution in [0.2, 0.25) is 0 Å². The van der Waals surface area contributed by atoms with Gasteiger partial charge in [-0.2, -0.15) is 0 Å². The van der Waals surface area contributed by atoms with Gasteiger partial charge in [0.15, 0.2) is 5.65 Å². The third-order valence-corrected chi connectivity index (χ3v) is 7.09. The summed E-state index contributed by atoms with van der Waals surface area (Å²) in [6, 6.07) is 10.9. The number of imidazole rings is 1. The molecule has 6 heteroatoms. The van der Waals surface area contributed by atoms with E-state index in [0.717, 1.165) is 60.5 Å². The fourth-order valence-electron chi connectivity index (χ4n) is 4.44. The van der Waals surface area contributed by atoms with Gasteiger partial charge in [-0.3, -0.25) is 14.4 Å². The second-order valence-electron chi connectivity index (χ2n) is 8.29. The van der Waals surface area contributed by atoms with Gasteiger partial charge in [-0.05, 0) is 74.4 Å². The number of nitrogens with zero attached hydrogens (tertiary/aromatic N) is 4. The van der Waals surface area contributed by atoms with E-state index in [2.05, 4.69) is 45.1 Å². The third-order valence-electron chi connectivity index (χ3n) is 6.15. The van der Waals surface area contributed by atoms with Gasteiger partial charge >= 0.3 is 0 Å². The number of rotatable bonds is 6. The number of nitrogens with two attached hydrogens (primary N) is 1. The normalized spacial score (nSPS) is 19.4. The zero-order valence-corrected chi connectivity index (χ0v) is 17.9. The molecule has 0 aliphatic heterocycles. The molecule has 5 rings (SSSR count). The number of pyridine rings is 1. The molecule has 2 N–H and O–H groups in total. The summed E-state index contributed by atoms with van der Waals surface area (Å²) in [5.74, 6) is 0.655. The van der Waals surface area contributed by atoms with Crippen LogP contribution in [-0.4, -0.2) is 25.4 Å². The number of hydrogen-bond acceptors (Lipinski definition) is 5. The van der Waals surface area contributed by atoms with Crippen LogP contribution in [0.3, 0.4) is 0 Å². The summed E-state index contributed by atoms with van der Waals surface area (Å²) in [4.78, 5) is 15.7. The second-order valence-corrected chi connectivity index (χ2v) is 9.32. The molecule has 0 saturated heterocycles. The smallest absolute Gasteiger partial charge is 0.159 e. The fraction of sp³-hybridized carbons (Fsp3) is 0.375. The molecule has 0 amide bonds. The largest absolute Gasteiger partial charge is 0.328 e. The molecule has 1 aliphatic rings. The van der Waals surface area contributed by atoms with Gasteiger partial charge in [-0.25, -0.2) is 4.98 Å². The van der Waals surface area contributed by atoms with Gasteiger partial charge in [0.05, 0.1) is 23.3 Å². The van der Waals surface area contributed by atoms with Crippen molar-refractivity contribution in [3.05, 3.63) is 70.6 Å². The molecule has 154 valence electrons. The monoisotopic (exact) mass is 417 g/mol. The van der Waals surface area contributed by atoms with Crippen molar-refractivity contribution >= 4 is 17.0 Å². The van der Waals surface area contributed by atoms with Crippen LogP contribution in [0, 0.1) is 5.92 Å². The Labute approximate surface area is 181 Å². The molecule has 0 radical (unpaired) electrons. The molecule has 4 aromatic rings. The van der Waals surface area contributed by atoms with E-state index in [1.165, 1.54) is 17.7 Å². The maximum atomic E-state index is 6.07. The minimum absolute atomic E-state index is 0.376. The Hall–Kier alpha value is -2.57. The van der Waals surface area contributed by atoms with Crippen molar-refractivity contribution in [2.75, 3.05) is 0 Å². The molecule has 0 atom stereocenters. The molecule has 0 aromatic carbocycles. The van der Waals surface area contributed by atoms with Crippen LogP contribution in [0.15, 0.2) is 54.3 Å². The summed E-state index contributed by atoms with van der Waals surface area (Å²) >= 11 is 1.81. The van der Waals surface area contributed by atoms with Crippen molar-refractivity contribution in [2.45, 2.75) is 51.0 Å². The van der Waals surface area contributed by atoms with Crippen LogP contribution in [0.4, 0.5) is 0 Å².